The smallest absolute Gasteiger partial charge is 0.410 e. The number of ether oxygens (including phenoxy) is 1. The molecule has 0 unspecified atom stereocenters. The van der Waals surface area contributed by atoms with Crippen LogP contribution in [0.25, 0.3) is 0 Å². The highest BCUT2D eigenvalue weighted by atomic mass is 35.5. The fourth-order valence-electron chi connectivity index (χ4n) is 2.79. The Morgan fingerprint density at radius 2 is 1.63 bits per heavy atom. The molecule has 3 rings (SSSR count). The zero-order valence-electron chi connectivity index (χ0n) is 15.2. The largest absolute Gasteiger partial charge is 0.417 e. The topological polar surface area (TPSA) is 61.9 Å². The van der Waals surface area contributed by atoms with Crippen molar-refractivity contribution in [2.75, 3.05) is 45.1 Å². The number of piperazine rings is 1. The summed E-state index contributed by atoms with van der Waals surface area (Å²) < 4.78 is 5.23. The second kappa shape index (κ2) is 8.99. The molecule has 1 N–H and O–H groups in total. The summed E-state index contributed by atoms with van der Waals surface area (Å²) >= 11 is 5.81. The number of ketones is 1. The van der Waals surface area contributed by atoms with Crippen LogP contribution < -0.4 is 10.1 Å². The Bertz CT molecular complexity index is 785. The molecule has 1 fully saturated rings. The molecule has 2 aromatic carbocycles. The van der Waals surface area contributed by atoms with E-state index in [9.17, 15) is 9.59 Å². The van der Waals surface area contributed by atoms with Crippen molar-refractivity contribution >= 4 is 29.2 Å². The molecule has 1 aliphatic rings. The van der Waals surface area contributed by atoms with Crippen molar-refractivity contribution < 1.29 is 14.3 Å². The van der Waals surface area contributed by atoms with E-state index in [2.05, 4.69) is 22.2 Å². The summed E-state index contributed by atoms with van der Waals surface area (Å²) in [5.41, 5.74) is 1.20. The Morgan fingerprint density at radius 3 is 2.26 bits per heavy atom. The van der Waals surface area contributed by atoms with Crippen LogP contribution >= 0.6 is 11.6 Å². The molecular weight excluding hydrogens is 366 g/mol. The van der Waals surface area contributed by atoms with E-state index in [1.807, 2.05) is 0 Å². The first-order valence-electron chi connectivity index (χ1n) is 8.78. The van der Waals surface area contributed by atoms with Gasteiger partial charge in [0.15, 0.2) is 5.78 Å². The number of hydrogen-bond acceptors (Lipinski definition) is 5. The quantitative estimate of drug-likeness (QED) is 0.797. The van der Waals surface area contributed by atoms with Crippen molar-refractivity contribution in [1.82, 2.24) is 9.80 Å². The summed E-state index contributed by atoms with van der Waals surface area (Å²) in [5.74, 6) is 0.439. The van der Waals surface area contributed by atoms with Gasteiger partial charge in [-0.15, -0.1) is 0 Å². The van der Waals surface area contributed by atoms with Crippen LogP contribution in [0.15, 0.2) is 48.5 Å². The molecule has 1 saturated heterocycles. The second-order valence-electron chi connectivity index (χ2n) is 6.55. The lowest BCUT2D eigenvalue weighted by Crippen LogP contribution is -2.46. The number of anilines is 1. The van der Waals surface area contributed by atoms with Gasteiger partial charge < -0.3 is 9.64 Å². The fraction of sp³-hybridized carbons (Fsp3) is 0.300. The summed E-state index contributed by atoms with van der Waals surface area (Å²) in [6.45, 7) is 4.15. The minimum absolute atomic E-state index is 0.0664. The minimum Gasteiger partial charge on any atom is -0.410 e. The summed E-state index contributed by atoms with van der Waals surface area (Å²) in [6.07, 6.45) is -0.603. The molecule has 7 heteroatoms. The molecule has 6 nitrogen and oxygen atoms in total. The highest BCUT2D eigenvalue weighted by Crippen LogP contribution is 2.16. The summed E-state index contributed by atoms with van der Waals surface area (Å²) in [4.78, 5) is 28.8. The highest BCUT2D eigenvalue weighted by molar-refractivity contribution is 6.30. The first-order chi connectivity index (χ1) is 13.0. The van der Waals surface area contributed by atoms with Crippen molar-refractivity contribution in [2.45, 2.75) is 0 Å². The van der Waals surface area contributed by atoms with Crippen LogP contribution in [-0.2, 0) is 0 Å². The van der Waals surface area contributed by atoms with E-state index in [4.69, 9.17) is 16.3 Å². The Morgan fingerprint density at radius 1 is 1.00 bits per heavy atom. The Kier molecular flexibility index (Phi) is 6.45. The summed E-state index contributed by atoms with van der Waals surface area (Å²) in [6, 6.07) is 13.3. The lowest BCUT2D eigenvalue weighted by molar-refractivity contribution is 0.0876. The molecule has 0 saturated carbocycles. The number of hydrogen-bond donors (Lipinski definition) is 1. The average Bonchev–Trinajstić information content (AvgIpc) is 2.66. The van der Waals surface area contributed by atoms with E-state index >= 15 is 0 Å². The summed E-state index contributed by atoms with van der Waals surface area (Å²) in [7, 11) is 2.08. The third-order valence-corrected chi connectivity index (χ3v) is 4.69. The SMILES string of the molecule is CN1CCN(CC(=O)c2ccc(OC(=O)Nc3ccc(Cl)cc3)cc2)CC1. The van der Waals surface area contributed by atoms with Crippen LogP contribution in [0.1, 0.15) is 10.4 Å². The average molecular weight is 388 g/mol. The van der Waals surface area contributed by atoms with Crippen LogP contribution in [0.2, 0.25) is 5.02 Å². The van der Waals surface area contributed by atoms with E-state index in [-0.39, 0.29) is 5.78 Å². The van der Waals surface area contributed by atoms with Gasteiger partial charge >= 0.3 is 6.09 Å². The van der Waals surface area contributed by atoms with Crippen LogP contribution in [0.3, 0.4) is 0 Å². The Balaban J connectivity index is 1.51. The molecule has 0 bridgehead atoms. The number of carbonyl (C=O) groups excluding carboxylic acids is 2. The third kappa shape index (κ3) is 5.79. The predicted octanol–water partition coefficient (Wildman–Crippen LogP) is 3.38. The van der Waals surface area contributed by atoms with Gasteiger partial charge in [0.25, 0.3) is 0 Å². The standard InChI is InChI=1S/C20H22ClN3O3/c1-23-10-12-24(13-11-23)14-19(25)15-2-8-18(9-3-15)27-20(26)22-17-6-4-16(21)5-7-17/h2-9H,10-14H2,1H3,(H,22,26). The Hall–Kier alpha value is -2.41. The normalized spacial score (nSPS) is 15.3. The number of carbonyl (C=O) groups is 2. The molecule has 0 aromatic heterocycles. The first kappa shape index (κ1) is 19.4. The van der Waals surface area contributed by atoms with Gasteiger partial charge in [-0.2, -0.15) is 0 Å². The van der Waals surface area contributed by atoms with Gasteiger partial charge in [0.05, 0.1) is 6.54 Å². The summed E-state index contributed by atoms with van der Waals surface area (Å²) in [5, 5.41) is 3.20. The molecular formula is C20H22ClN3O3. The predicted molar refractivity (Wildman–Crippen MR) is 106 cm³/mol. The van der Waals surface area contributed by atoms with E-state index in [0.29, 0.717) is 28.6 Å². The van der Waals surface area contributed by atoms with Gasteiger partial charge in [0, 0.05) is 42.5 Å². The number of benzene rings is 2. The number of halogens is 1. The van der Waals surface area contributed by atoms with Gasteiger partial charge in [-0.1, -0.05) is 11.6 Å². The number of likely N-dealkylation sites (N-methyl/N-ethyl adjacent to an activating group) is 1. The van der Waals surface area contributed by atoms with Crippen molar-refractivity contribution in [2.24, 2.45) is 0 Å². The molecule has 0 spiro atoms. The number of nitrogens with zero attached hydrogens (tertiary/aromatic N) is 2. The van der Waals surface area contributed by atoms with E-state index in [1.54, 1.807) is 48.5 Å². The first-order valence-corrected chi connectivity index (χ1v) is 9.16. The van der Waals surface area contributed by atoms with Gasteiger partial charge in [-0.25, -0.2) is 4.79 Å². The van der Waals surface area contributed by atoms with Gasteiger partial charge in [-0.3, -0.25) is 15.0 Å². The van der Waals surface area contributed by atoms with E-state index < -0.39 is 6.09 Å². The number of amides is 1. The molecule has 0 aliphatic carbocycles. The minimum atomic E-state index is -0.603. The highest BCUT2D eigenvalue weighted by Gasteiger charge is 2.17. The van der Waals surface area contributed by atoms with Crippen molar-refractivity contribution in [1.29, 1.82) is 0 Å². The van der Waals surface area contributed by atoms with Crippen molar-refractivity contribution in [3.05, 3.63) is 59.1 Å². The van der Waals surface area contributed by atoms with Crippen molar-refractivity contribution in [3.8, 4) is 5.75 Å². The van der Waals surface area contributed by atoms with E-state index in [0.717, 1.165) is 26.2 Å². The zero-order valence-corrected chi connectivity index (χ0v) is 15.9. The van der Waals surface area contributed by atoms with Crippen molar-refractivity contribution in [3.63, 3.8) is 0 Å². The number of nitrogens with one attached hydrogen (secondary N) is 1. The van der Waals surface area contributed by atoms with Gasteiger partial charge in [0.2, 0.25) is 0 Å². The molecule has 0 atom stereocenters. The van der Waals surface area contributed by atoms with Gasteiger partial charge in [-0.05, 0) is 55.6 Å². The molecule has 142 valence electrons. The van der Waals surface area contributed by atoms with Crippen LogP contribution in [0.5, 0.6) is 5.75 Å². The maximum atomic E-state index is 12.4. The molecule has 0 radical (unpaired) electrons. The van der Waals surface area contributed by atoms with Crippen LogP contribution in [0, 0.1) is 0 Å². The fourth-order valence-corrected chi connectivity index (χ4v) is 2.92. The number of Topliss-reactive ketones (excluding diaryl/α,β-unsaturated/α-hetero) is 1. The van der Waals surface area contributed by atoms with Gasteiger partial charge in [0.1, 0.15) is 5.75 Å². The second-order valence-corrected chi connectivity index (χ2v) is 6.98. The zero-order chi connectivity index (χ0) is 19.2. The van der Waals surface area contributed by atoms with Crippen LogP contribution in [-0.4, -0.2) is 61.4 Å². The molecule has 2 aromatic rings. The molecule has 1 heterocycles. The lowest BCUT2D eigenvalue weighted by Gasteiger charge is -2.31. The lowest BCUT2D eigenvalue weighted by atomic mass is 10.1. The molecule has 1 aliphatic heterocycles. The molecule has 1 amide bonds. The number of rotatable bonds is 5. The maximum absolute atomic E-state index is 12.4. The third-order valence-electron chi connectivity index (χ3n) is 4.44. The maximum Gasteiger partial charge on any atom is 0.417 e. The monoisotopic (exact) mass is 387 g/mol. The van der Waals surface area contributed by atoms with Crippen LogP contribution in [0.4, 0.5) is 10.5 Å². The Labute approximate surface area is 163 Å². The molecule has 27 heavy (non-hydrogen) atoms. The van der Waals surface area contributed by atoms with E-state index in [1.165, 1.54) is 0 Å².